The zero-order valence-corrected chi connectivity index (χ0v) is 18.0. The van der Waals surface area contributed by atoms with Gasteiger partial charge in [0.15, 0.2) is 0 Å². The van der Waals surface area contributed by atoms with Gasteiger partial charge in [0.2, 0.25) is 0 Å². The van der Waals surface area contributed by atoms with E-state index in [4.69, 9.17) is 9.47 Å². The Hall–Kier alpha value is -2.37. The second kappa shape index (κ2) is 9.63. The highest BCUT2D eigenvalue weighted by Gasteiger charge is 2.31. The lowest BCUT2D eigenvalue weighted by molar-refractivity contribution is -0.151. The number of hydrogen-bond acceptors (Lipinski definition) is 4. The van der Waals surface area contributed by atoms with Crippen molar-refractivity contribution in [2.24, 2.45) is 5.92 Å². The molecular formula is C25H32N2O3. The number of carbonyl (C=O) groups excluding carboxylic acids is 1. The molecule has 0 bridgehead atoms. The number of morpholine rings is 1. The van der Waals surface area contributed by atoms with Crippen LogP contribution in [0.1, 0.15) is 30.5 Å². The van der Waals surface area contributed by atoms with Gasteiger partial charge >= 0.3 is 0 Å². The molecule has 0 N–H and O–H groups in total. The van der Waals surface area contributed by atoms with E-state index in [9.17, 15) is 4.79 Å². The molecule has 30 heavy (non-hydrogen) atoms. The summed E-state index contributed by atoms with van der Waals surface area (Å²) in [6.45, 7) is 9.28. The molecule has 1 saturated heterocycles. The lowest BCUT2D eigenvalue weighted by atomic mass is 10.1. The summed E-state index contributed by atoms with van der Waals surface area (Å²) in [5.74, 6) is 1.44. The maximum atomic E-state index is 13.4. The molecule has 1 fully saturated rings. The van der Waals surface area contributed by atoms with Crippen molar-refractivity contribution in [3.05, 3.63) is 65.2 Å². The third-order valence-corrected chi connectivity index (χ3v) is 5.71. The van der Waals surface area contributed by atoms with Crippen LogP contribution in [-0.4, -0.2) is 54.7 Å². The molecule has 1 atom stereocenters. The largest absolute Gasteiger partial charge is 0.493 e. The van der Waals surface area contributed by atoms with Crippen molar-refractivity contribution in [2.75, 3.05) is 32.8 Å². The fourth-order valence-electron chi connectivity index (χ4n) is 4.24. The van der Waals surface area contributed by atoms with Crippen molar-refractivity contribution in [1.29, 1.82) is 0 Å². The summed E-state index contributed by atoms with van der Waals surface area (Å²) in [5, 5.41) is 0. The van der Waals surface area contributed by atoms with Crippen LogP contribution >= 0.6 is 0 Å². The van der Waals surface area contributed by atoms with Crippen LogP contribution in [0.25, 0.3) is 0 Å². The fourth-order valence-corrected chi connectivity index (χ4v) is 4.24. The summed E-state index contributed by atoms with van der Waals surface area (Å²) in [4.78, 5) is 17.7. The SMILES string of the molecule is CC(C)CN(Cc1ccc2c(c1)OCC2)C(=O)C1CN(Cc2ccccc2)CCO1. The predicted molar refractivity (Wildman–Crippen MR) is 117 cm³/mol. The number of fused-ring (bicyclic) bond motifs is 1. The van der Waals surface area contributed by atoms with E-state index >= 15 is 0 Å². The maximum absolute atomic E-state index is 13.4. The van der Waals surface area contributed by atoms with Gasteiger partial charge in [0, 0.05) is 39.1 Å². The number of benzene rings is 2. The molecule has 2 aromatic carbocycles. The minimum atomic E-state index is -0.410. The standard InChI is InChI=1S/C25H32N2O3/c1-19(2)15-27(17-21-8-9-22-10-12-29-23(22)14-21)25(28)24-18-26(11-13-30-24)16-20-6-4-3-5-7-20/h3-9,14,19,24H,10-13,15-18H2,1-2H3. The third kappa shape index (κ3) is 5.21. The Morgan fingerprint density at radius 2 is 1.97 bits per heavy atom. The Morgan fingerprint density at radius 1 is 1.13 bits per heavy atom. The smallest absolute Gasteiger partial charge is 0.253 e. The van der Waals surface area contributed by atoms with Gasteiger partial charge in [-0.1, -0.05) is 56.3 Å². The van der Waals surface area contributed by atoms with Gasteiger partial charge in [0.1, 0.15) is 11.9 Å². The van der Waals surface area contributed by atoms with Gasteiger partial charge in [-0.2, -0.15) is 0 Å². The lowest BCUT2D eigenvalue weighted by Crippen LogP contribution is -2.51. The average Bonchev–Trinajstić information content (AvgIpc) is 3.21. The maximum Gasteiger partial charge on any atom is 0.253 e. The summed E-state index contributed by atoms with van der Waals surface area (Å²) in [6, 6.07) is 16.8. The van der Waals surface area contributed by atoms with Gasteiger partial charge in [0.05, 0.1) is 13.2 Å². The van der Waals surface area contributed by atoms with Crippen LogP contribution in [0.2, 0.25) is 0 Å². The molecule has 0 aliphatic carbocycles. The van der Waals surface area contributed by atoms with Crippen LogP contribution < -0.4 is 4.74 Å². The van der Waals surface area contributed by atoms with Crippen LogP contribution in [0.15, 0.2) is 48.5 Å². The first kappa shape index (κ1) is 20.9. The van der Waals surface area contributed by atoms with Crippen molar-refractivity contribution in [3.8, 4) is 5.75 Å². The predicted octanol–water partition coefficient (Wildman–Crippen LogP) is 3.51. The van der Waals surface area contributed by atoms with Crippen molar-refractivity contribution in [3.63, 3.8) is 0 Å². The van der Waals surface area contributed by atoms with E-state index in [0.717, 1.165) is 44.0 Å². The highest BCUT2D eigenvalue weighted by Crippen LogP contribution is 2.27. The van der Waals surface area contributed by atoms with Gasteiger partial charge in [-0.15, -0.1) is 0 Å². The van der Waals surface area contributed by atoms with Crippen molar-refractivity contribution in [2.45, 2.75) is 39.5 Å². The number of ether oxygens (including phenoxy) is 2. The normalized spacial score (nSPS) is 18.8. The van der Waals surface area contributed by atoms with Crippen molar-refractivity contribution >= 4 is 5.91 Å². The highest BCUT2D eigenvalue weighted by atomic mass is 16.5. The van der Waals surface area contributed by atoms with E-state index in [1.165, 1.54) is 11.1 Å². The van der Waals surface area contributed by atoms with Crippen LogP contribution in [0.4, 0.5) is 0 Å². The monoisotopic (exact) mass is 408 g/mol. The van der Waals surface area contributed by atoms with E-state index < -0.39 is 6.10 Å². The molecule has 160 valence electrons. The van der Waals surface area contributed by atoms with Gasteiger partial charge < -0.3 is 14.4 Å². The summed E-state index contributed by atoms with van der Waals surface area (Å²) in [7, 11) is 0. The molecule has 2 aliphatic rings. The minimum Gasteiger partial charge on any atom is -0.493 e. The number of nitrogens with zero attached hydrogens (tertiary/aromatic N) is 2. The summed E-state index contributed by atoms with van der Waals surface area (Å²) < 4.78 is 11.6. The van der Waals surface area contributed by atoms with E-state index in [0.29, 0.717) is 25.6 Å². The molecule has 1 amide bonds. The molecule has 0 spiro atoms. The Bertz CT molecular complexity index is 853. The molecule has 2 aromatic rings. The third-order valence-electron chi connectivity index (χ3n) is 5.71. The van der Waals surface area contributed by atoms with Crippen molar-refractivity contribution in [1.82, 2.24) is 9.80 Å². The van der Waals surface area contributed by atoms with E-state index in [1.807, 2.05) is 11.0 Å². The van der Waals surface area contributed by atoms with E-state index in [2.05, 4.69) is 61.2 Å². The average molecular weight is 409 g/mol. The molecule has 4 rings (SSSR count). The fraction of sp³-hybridized carbons (Fsp3) is 0.480. The van der Waals surface area contributed by atoms with Crippen molar-refractivity contribution < 1.29 is 14.3 Å². The number of hydrogen-bond donors (Lipinski definition) is 0. The Balaban J connectivity index is 1.43. The molecular weight excluding hydrogens is 376 g/mol. The second-order valence-corrected chi connectivity index (χ2v) is 8.73. The summed E-state index contributed by atoms with van der Waals surface area (Å²) in [5.41, 5.74) is 3.64. The lowest BCUT2D eigenvalue weighted by Gasteiger charge is -2.35. The van der Waals surface area contributed by atoms with Crippen LogP contribution in [0, 0.1) is 5.92 Å². The van der Waals surface area contributed by atoms with E-state index in [1.54, 1.807) is 0 Å². The number of amides is 1. The van der Waals surface area contributed by atoms with Crippen LogP contribution in [0.5, 0.6) is 5.75 Å². The van der Waals surface area contributed by atoms with Gasteiger partial charge in [-0.05, 0) is 28.7 Å². The molecule has 1 unspecified atom stereocenters. The molecule has 0 radical (unpaired) electrons. The quantitative estimate of drug-likeness (QED) is 0.703. The Morgan fingerprint density at radius 3 is 2.77 bits per heavy atom. The first-order valence-electron chi connectivity index (χ1n) is 11.0. The zero-order chi connectivity index (χ0) is 20.9. The summed E-state index contributed by atoms with van der Waals surface area (Å²) in [6.07, 6.45) is 0.559. The van der Waals surface area contributed by atoms with Crippen LogP contribution in [0.3, 0.4) is 0 Å². The number of carbonyl (C=O) groups is 1. The summed E-state index contributed by atoms with van der Waals surface area (Å²) >= 11 is 0. The zero-order valence-electron chi connectivity index (χ0n) is 18.0. The second-order valence-electron chi connectivity index (χ2n) is 8.73. The van der Waals surface area contributed by atoms with Gasteiger partial charge in [0.25, 0.3) is 5.91 Å². The van der Waals surface area contributed by atoms with Gasteiger partial charge in [-0.3, -0.25) is 9.69 Å². The molecule has 0 saturated carbocycles. The Kier molecular flexibility index (Phi) is 6.70. The van der Waals surface area contributed by atoms with Crippen LogP contribution in [-0.2, 0) is 29.0 Å². The molecule has 2 heterocycles. The number of rotatable bonds is 7. The topological polar surface area (TPSA) is 42.0 Å². The first-order chi connectivity index (χ1) is 14.6. The molecule has 2 aliphatic heterocycles. The minimum absolute atomic E-state index is 0.0860. The highest BCUT2D eigenvalue weighted by molar-refractivity contribution is 5.81. The van der Waals surface area contributed by atoms with Gasteiger partial charge in [-0.25, -0.2) is 0 Å². The molecule has 0 aromatic heterocycles. The molecule has 5 nitrogen and oxygen atoms in total. The first-order valence-corrected chi connectivity index (χ1v) is 11.0. The molecule has 5 heteroatoms. The Labute approximate surface area is 179 Å². The van der Waals surface area contributed by atoms with E-state index in [-0.39, 0.29) is 5.91 Å².